The van der Waals surface area contributed by atoms with Crippen molar-refractivity contribution in [3.8, 4) is 0 Å². The highest BCUT2D eigenvalue weighted by Crippen LogP contribution is 2.21. The minimum Gasteiger partial charge on any atom is -0.352 e. The van der Waals surface area contributed by atoms with Crippen LogP contribution >= 0.6 is 0 Å². The summed E-state index contributed by atoms with van der Waals surface area (Å²) in [4.78, 5) is 36.0. The largest absolute Gasteiger partial charge is 0.352 e. The molecule has 1 saturated heterocycles. The van der Waals surface area contributed by atoms with Crippen molar-refractivity contribution in [2.24, 2.45) is 0 Å². The molecular weight excluding hydrogens is 330 g/mol. The lowest BCUT2D eigenvalue weighted by Crippen LogP contribution is -2.40. The van der Waals surface area contributed by atoms with Crippen LogP contribution in [0.3, 0.4) is 0 Å². The third-order valence-corrected chi connectivity index (χ3v) is 4.87. The molecule has 1 aliphatic heterocycles. The Morgan fingerprint density at radius 1 is 1.42 bits per heavy atom. The highest BCUT2D eigenvalue weighted by Gasteiger charge is 2.30. The Balaban J connectivity index is 1.52. The molecule has 1 aliphatic rings. The van der Waals surface area contributed by atoms with Gasteiger partial charge in [0.25, 0.3) is 5.91 Å². The Labute approximate surface area is 153 Å². The quantitative estimate of drug-likeness (QED) is 0.788. The van der Waals surface area contributed by atoms with Crippen molar-refractivity contribution >= 4 is 22.8 Å². The van der Waals surface area contributed by atoms with E-state index in [0.29, 0.717) is 18.5 Å². The zero-order valence-corrected chi connectivity index (χ0v) is 15.7. The molecule has 7 heteroatoms. The summed E-state index contributed by atoms with van der Waals surface area (Å²) in [5, 5.41) is 2.98. The predicted molar refractivity (Wildman–Crippen MR) is 101 cm³/mol. The first-order valence-electron chi connectivity index (χ1n) is 9.13. The normalized spacial score (nSPS) is 17.5. The van der Waals surface area contributed by atoms with Gasteiger partial charge >= 0.3 is 0 Å². The first-order chi connectivity index (χ1) is 12.4. The molecule has 140 valence electrons. The number of aromatic nitrogens is 2. The summed E-state index contributed by atoms with van der Waals surface area (Å²) in [5.41, 5.74) is 2.35. The molecule has 2 heterocycles. The standard InChI is InChI=1S/C19H27N5O2/c1-13-21-16-6-4-14(12-17(16)22-13)19(26)20-9-8-15-5-7-18(25)24(15)11-10-23(2)3/h4,6,12,15H,5,7-11H2,1-3H3,(H,20,26)(H,21,22)/t15-/m0/s1. The number of carbonyl (C=O) groups excluding carboxylic acids is 2. The van der Waals surface area contributed by atoms with E-state index in [-0.39, 0.29) is 17.9 Å². The van der Waals surface area contributed by atoms with Crippen LogP contribution in [-0.2, 0) is 4.79 Å². The van der Waals surface area contributed by atoms with E-state index in [9.17, 15) is 9.59 Å². The van der Waals surface area contributed by atoms with Crippen molar-refractivity contribution in [3.63, 3.8) is 0 Å². The molecule has 1 aromatic carbocycles. The highest BCUT2D eigenvalue weighted by atomic mass is 16.2. The zero-order chi connectivity index (χ0) is 18.7. The minimum atomic E-state index is -0.0941. The Morgan fingerprint density at radius 2 is 2.23 bits per heavy atom. The lowest BCUT2D eigenvalue weighted by molar-refractivity contribution is -0.129. The van der Waals surface area contributed by atoms with Crippen LogP contribution in [0.1, 0.15) is 35.4 Å². The van der Waals surface area contributed by atoms with E-state index >= 15 is 0 Å². The first-order valence-corrected chi connectivity index (χ1v) is 9.13. The molecule has 0 aliphatic carbocycles. The van der Waals surface area contributed by atoms with Crippen LogP contribution < -0.4 is 5.32 Å². The van der Waals surface area contributed by atoms with Gasteiger partial charge in [-0.2, -0.15) is 0 Å². The summed E-state index contributed by atoms with van der Waals surface area (Å²) in [6.45, 7) is 4.07. The second-order valence-corrected chi connectivity index (χ2v) is 7.18. The molecule has 26 heavy (non-hydrogen) atoms. The summed E-state index contributed by atoms with van der Waals surface area (Å²) >= 11 is 0. The molecular formula is C19H27N5O2. The van der Waals surface area contributed by atoms with Crippen molar-refractivity contribution in [2.75, 3.05) is 33.7 Å². The lowest BCUT2D eigenvalue weighted by atomic mass is 10.1. The van der Waals surface area contributed by atoms with Crippen LogP contribution in [0.25, 0.3) is 11.0 Å². The fraction of sp³-hybridized carbons (Fsp3) is 0.526. The Hall–Kier alpha value is -2.41. The topological polar surface area (TPSA) is 81.3 Å². The van der Waals surface area contributed by atoms with Gasteiger partial charge in [0.1, 0.15) is 5.82 Å². The number of aryl methyl sites for hydroxylation is 1. The number of rotatable bonds is 7. The van der Waals surface area contributed by atoms with Gasteiger partial charge in [-0.1, -0.05) is 0 Å². The van der Waals surface area contributed by atoms with Crippen molar-refractivity contribution in [2.45, 2.75) is 32.2 Å². The molecule has 1 aromatic heterocycles. The molecule has 2 N–H and O–H groups in total. The van der Waals surface area contributed by atoms with E-state index in [1.165, 1.54) is 0 Å². The Morgan fingerprint density at radius 3 is 3.00 bits per heavy atom. The third-order valence-electron chi connectivity index (χ3n) is 4.87. The number of benzene rings is 1. The maximum atomic E-state index is 12.4. The summed E-state index contributed by atoms with van der Waals surface area (Å²) in [6, 6.07) is 5.69. The molecule has 1 atom stereocenters. The average Bonchev–Trinajstić information content (AvgIpc) is 3.13. The number of fused-ring (bicyclic) bond motifs is 1. The summed E-state index contributed by atoms with van der Waals surface area (Å²) < 4.78 is 0. The maximum Gasteiger partial charge on any atom is 0.251 e. The van der Waals surface area contributed by atoms with Crippen LogP contribution in [0.5, 0.6) is 0 Å². The number of aromatic amines is 1. The number of carbonyl (C=O) groups is 2. The molecule has 2 aromatic rings. The molecule has 0 radical (unpaired) electrons. The van der Waals surface area contributed by atoms with E-state index in [1.807, 2.05) is 38.1 Å². The first kappa shape index (κ1) is 18.4. The number of H-pyrrole nitrogens is 1. The number of hydrogen-bond donors (Lipinski definition) is 2. The molecule has 2 amide bonds. The zero-order valence-electron chi connectivity index (χ0n) is 15.7. The molecule has 0 spiro atoms. The number of nitrogens with one attached hydrogen (secondary N) is 2. The summed E-state index contributed by atoms with van der Waals surface area (Å²) in [6.07, 6.45) is 2.28. The molecule has 0 saturated carbocycles. The van der Waals surface area contributed by atoms with Gasteiger partial charge in [-0.3, -0.25) is 9.59 Å². The number of imidazole rings is 1. The molecule has 0 bridgehead atoms. The maximum absolute atomic E-state index is 12.4. The SMILES string of the molecule is Cc1nc2ccc(C(=O)NCC[C@@H]3CCC(=O)N3CCN(C)C)cc2[nH]1. The highest BCUT2D eigenvalue weighted by molar-refractivity contribution is 5.97. The van der Waals surface area contributed by atoms with Gasteiger partial charge in [0, 0.05) is 37.7 Å². The number of hydrogen-bond acceptors (Lipinski definition) is 4. The van der Waals surface area contributed by atoms with E-state index in [4.69, 9.17) is 0 Å². The Bertz CT molecular complexity index is 798. The number of likely N-dealkylation sites (tertiary alicyclic amines) is 1. The van der Waals surface area contributed by atoms with E-state index < -0.39 is 0 Å². The van der Waals surface area contributed by atoms with Gasteiger partial charge in [-0.15, -0.1) is 0 Å². The number of nitrogens with zero attached hydrogens (tertiary/aromatic N) is 3. The predicted octanol–water partition coefficient (Wildman–Crippen LogP) is 1.54. The minimum absolute atomic E-state index is 0.0941. The number of likely N-dealkylation sites (N-methyl/N-ethyl adjacent to an activating group) is 1. The summed E-state index contributed by atoms with van der Waals surface area (Å²) in [5.74, 6) is 0.966. The van der Waals surface area contributed by atoms with Crippen molar-refractivity contribution < 1.29 is 9.59 Å². The van der Waals surface area contributed by atoms with Gasteiger partial charge < -0.3 is 20.1 Å². The van der Waals surface area contributed by atoms with E-state index in [1.54, 1.807) is 6.07 Å². The van der Waals surface area contributed by atoms with Crippen molar-refractivity contribution in [3.05, 3.63) is 29.6 Å². The van der Waals surface area contributed by atoms with Crippen molar-refractivity contribution in [1.29, 1.82) is 0 Å². The molecule has 7 nitrogen and oxygen atoms in total. The number of amides is 2. The van der Waals surface area contributed by atoms with Gasteiger partial charge in [0.05, 0.1) is 11.0 Å². The molecule has 0 unspecified atom stereocenters. The molecule has 1 fully saturated rings. The second kappa shape index (κ2) is 7.86. The van der Waals surface area contributed by atoms with E-state index in [0.717, 1.165) is 42.8 Å². The lowest BCUT2D eigenvalue weighted by Gasteiger charge is -2.26. The van der Waals surface area contributed by atoms with Crippen LogP contribution in [-0.4, -0.2) is 71.4 Å². The average molecular weight is 357 g/mol. The fourth-order valence-electron chi connectivity index (χ4n) is 3.44. The van der Waals surface area contributed by atoms with E-state index in [2.05, 4.69) is 20.2 Å². The van der Waals surface area contributed by atoms with Crippen LogP contribution in [0.2, 0.25) is 0 Å². The van der Waals surface area contributed by atoms with Crippen LogP contribution in [0.15, 0.2) is 18.2 Å². The van der Waals surface area contributed by atoms with Crippen LogP contribution in [0.4, 0.5) is 0 Å². The third kappa shape index (κ3) is 4.22. The van der Waals surface area contributed by atoms with Gasteiger partial charge in [-0.05, 0) is 52.1 Å². The summed E-state index contributed by atoms with van der Waals surface area (Å²) in [7, 11) is 4.02. The van der Waals surface area contributed by atoms with Gasteiger partial charge in [-0.25, -0.2) is 4.98 Å². The fourth-order valence-corrected chi connectivity index (χ4v) is 3.44. The second-order valence-electron chi connectivity index (χ2n) is 7.18. The van der Waals surface area contributed by atoms with Crippen molar-refractivity contribution in [1.82, 2.24) is 25.1 Å². The smallest absolute Gasteiger partial charge is 0.251 e. The Kier molecular flexibility index (Phi) is 5.56. The molecule has 3 rings (SSSR count). The van der Waals surface area contributed by atoms with Gasteiger partial charge in [0.2, 0.25) is 5.91 Å². The van der Waals surface area contributed by atoms with Gasteiger partial charge in [0.15, 0.2) is 0 Å². The van der Waals surface area contributed by atoms with Crippen LogP contribution in [0, 0.1) is 6.92 Å². The monoisotopic (exact) mass is 357 g/mol.